The van der Waals surface area contributed by atoms with Gasteiger partial charge in [0, 0.05) is 29.1 Å². The van der Waals surface area contributed by atoms with Gasteiger partial charge in [0.25, 0.3) is 5.91 Å². The maximum Gasteiger partial charge on any atom is 0.257 e. The fourth-order valence-electron chi connectivity index (χ4n) is 3.68. The molecule has 0 saturated carbocycles. The summed E-state index contributed by atoms with van der Waals surface area (Å²) in [5.74, 6) is 0.213. The summed E-state index contributed by atoms with van der Waals surface area (Å²) in [7, 11) is 0. The first kappa shape index (κ1) is 24.2. The predicted molar refractivity (Wildman–Crippen MR) is 136 cm³/mol. The lowest BCUT2D eigenvalue weighted by molar-refractivity contribution is 0.0977. The lowest BCUT2D eigenvalue weighted by Crippen LogP contribution is -2.36. The van der Waals surface area contributed by atoms with Gasteiger partial charge in [-0.2, -0.15) is 5.10 Å². The van der Waals surface area contributed by atoms with Crippen LogP contribution in [0.2, 0.25) is 0 Å². The minimum absolute atomic E-state index is 0.0344. The number of benzene rings is 2. The molecule has 0 aliphatic heterocycles. The van der Waals surface area contributed by atoms with E-state index < -0.39 is 0 Å². The first-order valence-electron chi connectivity index (χ1n) is 11.4. The van der Waals surface area contributed by atoms with E-state index >= 15 is 0 Å². The van der Waals surface area contributed by atoms with Gasteiger partial charge in [0.2, 0.25) is 5.96 Å². The molecular weight excluding hydrogens is 410 g/mol. The topological polar surface area (TPSA) is 71.3 Å². The van der Waals surface area contributed by atoms with Crippen molar-refractivity contribution in [2.75, 3.05) is 5.32 Å². The number of aliphatic imine (C=N–C) groups is 1. The number of para-hydroxylation sites is 1. The summed E-state index contributed by atoms with van der Waals surface area (Å²) in [5.41, 5.74) is 6.91. The van der Waals surface area contributed by atoms with Crippen LogP contribution in [-0.4, -0.2) is 21.6 Å². The highest BCUT2D eigenvalue weighted by Gasteiger charge is 2.16. The number of rotatable bonds is 5. The van der Waals surface area contributed by atoms with Crippen molar-refractivity contribution in [3.05, 3.63) is 82.2 Å². The summed E-state index contributed by atoms with van der Waals surface area (Å²) in [5, 5.41) is 10.9. The van der Waals surface area contributed by atoms with Gasteiger partial charge in [-0.05, 0) is 62.4 Å². The van der Waals surface area contributed by atoms with Crippen LogP contribution in [-0.2, 0) is 18.5 Å². The van der Waals surface area contributed by atoms with Crippen molar-refractivity contribution in [2.24, 2.45) is 4.99 Å². The number of anilines is 1. The number of carbonyl (C=O) groups is 1. The summed E-state index contributed by atoms with van der Waals surface area (Å²) in [6.07, 6.45) is 0. The average molecular weight is 446 g/mol. The monoisotopic (exact) mass is 445 g/mol. The number of aryl methyl sites for hydroxylation is 3. The third-order valence-corrected chi connectivity index (χ3v) is 5.87. The van der Waals surface area contributed by atoms with E-state index in [1.807, 2.05) is 67.1 Å². The number of nitrogens with zero attached hydrogens (tertiary/aromatic N) is 3. The second-order valence-electron chi connectivity index (χ2n) is 9.35. The van der Waals surface area contributed by atoms with E-state index in [0.29, 0.717) is 18.1 Å². The summed E-state index contributed by atoms with van der Waals surface area (Å²) in [6.45, 7) is 15.8. The van der Waals surface area contributed by atoms with Gasteiger partial charge >= 0.3 is 0 Å². The average Bonchev–Trinajstić information content (AvgIpc) is 3.05. The Balaban J connectivity index is 1.87. The summed E-state index contributed by atoms with van der Waals surface area (Å²) >= 11 is 0. The van der Waals surface area contributed by atoms with E-state index in [4.69, 9.17) is 4.99 Å². The number of hydrogen-bond donors (Lipinski definition) is 2. The molecule has 0 saturated heterocycles. The lowest BCUT2D eigenvalue weighted by atomic mass is 9.87. The Morgan fingerprint density at radius 2 is 1.70 bits per heavy atom. The SMILES string of the molecule is CCn1nc(C)c(CN=C(NC(=O)c2ccc(C(C)(C)C)cc2)Nc2ccccc2C)c1C. The summed E-state index contributed by atoms with van der Waals surface area (Å²) in [6, 6.07) is 15.7. The van der Waals surface area contributed by atoms with Gasteiger partial charge in [0.05, 0.1) is 12.2 Å². The van der Waals surface area contributed by atoms with Crippen molar-refractivity contribution in [3.63, 3.8) is 0 Å². The zero-order valence-electron chi connectivity index (χ0n) is 20.8. The molecule has 0 radical (unpaired) electrons. The van der Waals surface area contributed by atoms with Crippen LogP contribution in [0.1, 0.15) is 66.1 Å². The summed E-state index contributed by atoms with van der Waals surface area (Å²) in [4.78, 5) is 17.8. The Morgan fingerprint density at radius 3 is 2.27 bits per heavy atom. The van der Waals surface area contributed by atoms with Crippen molar-refractivity contribution in [1.82, 2.24) is 15.1 Å². The van der Waals surface area contributed by atoms with Crippen molar-refractivity contribution in [1.29, 1.82) is 0 Å². The van der Waals surface area contributed by atoms with Crippen molar-refractivity contribution in [3.8, 4) is 0 Å². The Hall–Kier alpha value is -3.41. The molecule has 33 heavy (non-hydrogen) atoms. The van der Waals surface area contributed by atoms with E-state index in [2.05, 4.69) is 50.4 Å². The fraction of sp³-hybridized carbons (Fsp3) is 0.370. The van der Waals surface area contributed by atoms with Crippen LogP contribution in [0.5, 0.6) is 0 Å². The molecule has 2 N–H and O–H groups in total. The standard InChI is InChI=1S/C27H35N5O/c1-8-32-20(4)23(19(3)31-32)17-28-26(29-24-12-10-9-11-18(24)2)30-25(33)21-13-15-22(16-14-21)27(5,6)7/h9-16H,8,17H2,1-7H3,(H2,28,29,30,33). The third-order valence-electron chi connectivity index (χ3n) is 5.87. The molecule has 174 valence electrons. The van der Waals surface area contributed by atoms with Gasteiger partial charge in [-0.3, -0.25) is 14.8 Å². The maximum atomic E-state index is 13.0. The number of amides is 1. The van der Waals surface area contributed by atoms with Crippen molar-refractivity contribution >= 4 is 17.6 Å². The predicted octanol–water partition coefficient (Wildman–Crippen LogP) is 5.52. The fourth-order valence-corrected chi connectivity index (χ4v) is 3.68. The zero-order valence-corrected chi connectivity index (χ0v) is 20.8. The highest BCUT2D eigenvalue weighted by atomic mass is 16.1. The first-order valence-corrected chi connectivity index (χ1v) is 11.4. The van der Waals surface area contributed by atoms with Crippen molar-refractivity contribution < 1.29 is 4.79 Å². The highest BCUT2D eigenvalue weighted by molar-refractivity contribution is 6.10. The second kappa shape index (κ2) is 10.0. The highest BCUT2D eigenvalue weighted by Crippen LogP contribution is 2.22. The lowest BCUT2D eigenvalue weighted by Gasteiger charge is -2.19. The minimum Gasteiger partial charge on any atom is -0.326 e. The molecule has 0 aliphatic rings. The first-order chi connectivity index (χ1) is 15.6. The molecule has 0 unspecified atom stereocenters. The molecule has 6 nitrogen and oxygen atoms in total. The molecule has 6 heteroatoms. The smallest absolute Gasteiger partial charge is 0.257 e. The number of hydrogen-bond acceptors (Lipinski definition) is 3. The molecule has 0 aliphatic carbocycles. The molecule has 3 rings (SSSR count). The quantitative estimate of drug-likeness (QED) is 0.401. The van der Waals surface area contributed by atoms with Crippen LogP contribution in [0.3, 0.4) is 0 Å². The molecule has 1 amide bonds. The van der Waals surface area contributed by atoms with Gasteiger partial charge in [-0.15, -0.1) is 0 Å². The molecule has 0 bridgehead atoms. The summed E-state index contributed by atoms with van der Waals surface area (Å²) < 4.78 is 1.98. The van der Waals surface area contributed by atoms with Crippen LogP contribution in [0.25, 0.3) is 0 Å². The van der Waals surface area contributed by atoms with Gasteiger partial charge in [-0.1, -0.05) is 51.1 Å². The molecule has 0 atom stereocenters. The minimum atomic E-state index is -0.201. The number of carbonyl (C=O) groups excluding carboxylic acids is 1. The van der Waals surface area contributed by atoms with Crippen LogP contribution in [0.4, 0.5) is 5.69 Å². The number of nitrogens with one attached hydrogen (secondary N) is 2. The van der Waals surface area contributed by atoms with Crippen molar-refractivity contribution in [2.45, 2.75) is 67.0 Å². The molecule has 1 heterocycles. The number of aromatic nitrogens is 2. The van der Waals surface area contributed by atoms with Crippen LogP contribution >= 0.6 is 0 Å². The van der Waals surface area contributed by atoms with Crippen LogP contribution in [0, 0.1) is 20.8 Å². The molecule has 3 aromatic rings. The molecular formula is C27H35N5O. The Kier molecular flexibility index (Phi) is 7.36. The molecule has 2 aromatic carbocycles. The van der Waals surface area contributed by atoms with E-state index in [0.717, 1.165) is 34.7 Å². The number of guanidine groups is 1. The van der Waals surface area contributed by atoms with Gasteiger partial charge in [-0.25, -0.2) is 4.99 Å². The van der Waals surface area contributed by atoms with E-state index in [9.17, 15) is 4.79 Å². The molecule has 0 fully saturated rings. The molecule has 1 aromatic heterocycles. The normalized spacial score (nSPS) is 12.0. The largest absolute Gasteiger partial charge is 0.326 e. The molecule has 0 spiro atoms. The van der Waals surface area contributed by atoms with E-state index in [-0.39, 0.29) is 11.3 Å². The van der Waals surface area contributed by atoms with Crippen LogP contribution < -0.4 is 10.6 Å². The Bertz CT molecular complexity index is 1150. The van der Waals surface area contributed by atoms with E-state index in [1.54, 1.807) is 0 Å². The maximum absolute atomic E-state index is 13.0. The zero-order chi connectivity index (χ0) is 24.2. The third kappa shape index (κ3) is 5.89. The van der Waals surface area contributed by atoms with Gasteiger partial charge in [0.1, 0.15) is 0 Å². The Morgan fingerprint density at radius 1 is 1.03 bits per heavy atom. The van der Waals surface area contributed by atoms with Crippen LogP contribution in [0.15, 0.2) is 53.5 Å². The van der Waals surface area contributed by atoms with Gasteiger partial charge in [0.15, 0.2) is 0 Å². The second-order valence-corrected chi connectivity index (χ2v) is 9.35. The van der Waals surface area contributed by atoms with E-state index in [1.165, 1.54) is 5.56 Å². The van der Waals surface area contributed by atoms with Gasteiger partial charge < -0.3 is 5.32 Å². The Labute approximate surface area is 197 Å².